The third kappa shape index (κ3) is 2.96. The summed E-state index contributed by atoms with van der Waals surface area (Å²) < 4.78 is 37.6. The fraction of sp³-hybridized carbons (Fsp3) is 0.500. The van der Waals surface area contributed by atoms with E-state index in [1.165, 1.54) is 6.07 Å². The van der Waals surface area contributed by atoms with Gasteiger partial charge in [0.05, 0.1) is 5.56 Å². The third-order valence-corrected chi connectivity index (χ3v) is 4.11. The molecule has 1 aliphatic heterocycles. The normalized spacial score (nSPS) is 21.4. The lowest BCUT2D eigenvalue weighted by molar-refractivity contribution is -0.137. The average Bonchev–Trinajstić information content (AvgIpc) is 2.55. The second-order valence-corrected chi connectivity index (χ2v) is 5.82. The van der Waals surface area contributed by atoms with E-state index in [1.54, 1.807) is 17.8 Å². The number of alkyl halides is 3. The van der Waals surface area contributed by atoms with E-state index in [9.17, 15) is 13.2 Å². The Morgan fingerprint density at radius 1 is 1.47 bits per heavy atom. The standard InChI is InChI=1S/C12H14F3NS/c1-7(16)4-10-6-8-5-9(12(13,14)15)2-3-11(8)17-10/h2-3,5,7,10H,4,6,16H2,1H3. The molecule has 0 spiro atoms. The zero-order chi connectivity index (χ0) is 12.6. The van der Waals surface area contributed by atoms with Crippen LogP contribution < -0.4 is 5.73 Å². The lowest BCUT2D eigenvalue weighted by atomic mass is 10.0. The number of rotatable bonds is 2. The zero-order valence-corrected chi connectivity index (χ0v) is 10.2. The van der Waals surface area contributed by atoms with E-state index in [4.69, 9.17) is 5.73 Å². The Bertz CT molecular complexity index is 415. The van der Waals surface area contributed by atoms with E-state index in [0.717, 1.165) is 22.9 Å². The molecule has 0 aromatic heterocycles. The maximum absolute atomic E-state index is 12.5. The summed E-state index contributed by atoms with van der Waals surface area (Å²) in [5.41, 5.74) is 5.96. The molecule has 0 saturated carbocycles. The topological polar surface area (TPSA) is 26.0 Å². The molecule has 94 valence electrons. The summed E-state index contributed by atoms with van der Waals surface area (Å²) in [6.45, 7) is 1.92. The Morgan fingerprint density at radius 2 is 2.18 bits per heavy atom. The Labute approximate surface area is 103 Å². The molecule has 5 heteroatoms. The molecule has 1 aromatic rings. The molecule has 2 N–H and O–H groups in total. The second-order valence-electron chi connectivity index (χ2n) is 4.48. The van der Waals surface area contributed by atoms with Gasteiger partial charge in [-0.2, -0.15) is 13.2 Å². The minimum atomic E-state index is -4.25. The van der Waals surface area contributed by atoms with Crippen LogP contribution in [0.25, 0.3) is 0 Å². The van der Waals surface area contributed by atoms with Gasteiger partial charge in [-0.25, -0.2) is 0 Å². The van der Waals surface area contributed by atoms with Crippen LogP contribution in [0.3, 0.4) is 0 Å². The highest BCUT2D eigenvalue weighted by Crippen LogP contribution is 2.41. The monoisotopic (exact) mass is 261 g/mol. The van der Waals surface area contributed by atoms with Crippen molar-refractivity contribution in [3.8, 4) is 0 Å². The molecule has 17 heavy (non-hydrogen) atoms. The summed E-state index contributed by atoms with van der Waals surface area (Å²) in [5.74, 6) is 0. The maximum Gasteiger partial charge on any atom is 0.416 e. The molecule has 0 radical (unpaired) electrons. The fourth-order valence-electron chi connectivity index (χ4n) is 2.04. The van der Waals surface area contributed by atoms with Crippen molar-refractivity contribution >= 4 is 11.8 Å². The van der Waals surface area contributed by atoms with E-state index in [2.05, 4.69) is 0 Å². The van der Waals surface area contributed by atoms with Crippen LogP contribution in [0, 0.1) is 0 Å². The number of benzene rings is 1. The molecule has 0 saturated heterocycles. The van der Waals surface area contributed by atoms with E-state index in [-0.39, 0.29) is 6.04 Å². The fourth-order valence-corrected chi connectivity index (χ4v) is 3.50. The Hall–Kier alpha value is -0.680. The molecule has 1 aliphatic rings. The predicted molar refractivity (Wildman–Crippen MR) is 63.1 cm³/mol. The largest absolute Gasteiger partial charge is 0.416 e. The summed E-state index contributed by atoms with van der Waals surface area (Å²) in [6.07, 6.45) is -2.73. The molecule has 0 amide bonds. The highest BCUT2D eigenvalue weighted by atomic mass is 32.2. The van der Waals surface area contributed by atoms with Crippen LogP contribution in [0.1, 0.15) is 24.5 Å². The first-order chi connectivity index (χ1) is 7.86. The van der Waals surface area contributed by atoms with Crippen LogP contribution in [0.5, 0.6) is 0 Å². The van der Waals surface area contributed by atoms with E-state index < -0.39 is 11.7 Å². The van der Waals surface area contributed by atoms with Crippen molar-refractivity contribution in [2.75, 3.05) is 0 Å². The number of nitrogens with two attached hydrogens (primary N) is 1. The summed E-state index contributed by atoms with van der Waals surface area (Å²) in [4.78, 5) is 0.962. The zero-order valence-electron chi connectivity index (χ0n) is 9.42. The van der Waals surface area contributed by atoms with Gasteiger partial charge in [0.2, 0.25) is 0 Å². The van der Waals surface area contributed by atoms with Crippen LogP contribution in [0.2, 0.25) is 0 Å². The van der Waals surface area contributed by atoms with Crippen molar-refractivity contribution in [1.82, 2.24) is 0 Å². The van der Waals surface area contributed by atoms with Crippen LogP contribution >= 0.6 is 11.8 Å². The van der Waals surface area contributed by atoms with Gasteiger partial charge in [0, 0.05) is 16.2 Å². The molecular formula is C12H14F3NS. The van der Waals surface area contributed by atoms with E-state index in [1.807, 2.05) is 6.92 Å². The lowest BCUT2D eigenvalue weighted by Crippen LogP contribution is -2.20. The molecular weight excluding hydrogens is 247 g/mol. The summed E-state index contributed by atoms with van der Waals surface area (Å²) in [5, 5.41) is 0.313. The predicted octanol–water partition coefficient (Wildman–Crippen LogP) is 3.46. The Kier molecular flexibility index (Phi) is 3.41. The smallest absolute Gasteiger partial charge is 0.328 e. The highest BCUT2D eigenvalue weighted by molar-refractivity contribution is 8.00. The third-order valence-electron chi connectivity index (χ3n) is 2.76. The molecule has 2 unspecified atom stereocenters. The van der Waals surface area contributed by atoms with Gasteiger partial charge in [0.25, 0.3) is 0 Å². The summed E-state index contributed by atoms with van der Waals surface area (Å²) in [7, 11) is 0. The molecule has 1 nitrogen and oxygen atoms in total. The first-order valence-electron chi connectivity index (χ1n) is 5.48. The number of halogens is 3. The molecule has 2 rings (SSSR count). The molecule has 2 atom stereocenters. The van der Waals surface area contributed by atoms with Gasteiger partial charge in [0.15, 0.2) is 0 Å². The molecule has 0 aliphatic carbocycles. The van der Waals surface area contributed by atoms with Crippen molar-refractivity contribution in [3.63, 3.8) is 0 Å². The minimum absolute atomic E-state index is 0.0869. The Balaban J connectivity index is 2.17. The van der Waals surface area contributed by atoms with Crippen molar-refractivity contribution in [2.24, 2.45) is 5.73 Å². The molecule has 1 heterocycles. The quantitative estimate of drug-likeness (QED) is 0.882. The number of fused-ring (bicyclic) bond motifs is 1. The first-order valence-corrected chi connectivity index (χ1v) is 6.36. The van der Waals surface area contributed by atoms with Crippen LogP contribution in [-0.4, -0.2) is 11.3 Å². The van der Waals surface area contributed by atoms with Gasteiger partial charge in [-0.15, -0.1) is 11.8 Å². The second kappa shape index (κ2) is 4.53. The van der Waals surface area contributed by atoms with Gasteiger partial charge >= 0.3 is 6.18 Å². The van der Waals surface area contributed by atoms with E-state index in [0.29, 0.717) is 11.7 Å². The van der Waals surface area contributed by atoms with Crippen molar-refractivity contribution in [2.45, 2.75) is 42.1 Å². The van der Waals surface area contributed by atoms with Crippen LogP contribution in [0.15, 0.2) is 23.1 Å². The van der Waals surface area contributed by atoms with Gasteiger partial charge in [0.1, 0.15) is 0 Å². The van der Waals surface area contributed by atoms with Gasteiger partial charge in [-0.05, 0) is 43.5 Å². The SMILES string of the molecule is CC(N)CC1Cc2cc(C(F)(F)F)ccc2S1. The van der Waals surface area contributed by atoms with Crippen LogP contribution in [0.4, 0.5) is 13.2 Å². The van der Waals surface area contributed by atoms with E-state index >= 15 is 0 Å². The molecule has 1 aromatic carbocycles. The summed E-state index contributed by atoms with van der Waals surface area (Å²) >= 11 is 1.64. The molecule has 0 bridgehead atoms. The van der Waals surface area contributed by atoms with Crippen molar-refractivity contribution in [3.05, 3.63) is 29.3 Å². The summed E-state index contributed by atoms with van der Waals surface area (Å²) in [6, 6.07) is 4.08. The number of hydrogen-bond donors (Lipinski definition) is 1. The maximum atomic E-state index is 12.5. The van der Waals surface area contributed by atoms with Crippen LogP contribution in [-0.2, 0) is 12.6 Å². The lowest BCUT2D eigenvalue weighted by Gasteiger charge is -2.10. The number of hydrogen-bond acceptors (Lipinski definition) is 2. The number of thioether (sulfide) groups is 1. The first kappa shape index (κ1) is 12.8. The van der Waals surface area contributed by atoms with Crippen molar-refractivity contribution < 1.29 is 13.2 Å². The van der Waals surface area contributed by atoms with Crippen molar-refractivity contribution in [1.29, 1.82) is 0 Å². The Morgan fingerprint density at radius 3 is 2.76 bits per heavy atom. The van der Waals surface area contributed by atoms with Gasteiger partial charge in [-0.1, -0.05) is 0 Å². The van der Waals surface area contributed by atoms with Gasteiger partial charge in [-0.3, -0.25) is 0 Å². The average molecular weight is 261 g/mol. The minimum Gasteiger partial charge on any atom is -0.328 e. The highest BCUT2D eigenvalue weighted by Gasteiger charge is 2.32. The molecule has 0 fully saturated rings. The van der Waals surface area contributed by atoms with Gasteiger partial charge < -0.3 is 5.73 Å².